The Bertz CT molecular complexity index is 1370. The number of carbonyl (C=O) groups excluding carboxylic acids is 1. The van der Waals surface area contributed by atoms with Crippen LogP contribution >= 0.6 is 11.6 Å². The average Bonchev–Trinajstić information content (AvgIpc) is 3.43. The summed E-state index contributed by atoms with van der Waals surface area (Å²) in [6.45, 7) is 8.13. The summed E-state index contributed by atoms with van der Waals surface area (Å²) < 4.78 is 0. The lowest BCUT2D eigenvalue weighted by atomic mass is 9.98. The Kier molecular flexibility index (Phi) is 7.92. The molecule has 2 aliphatic rings. The van der Waals surface area contributed by atoms with E-state index in [4.69, 9.17) is 17.3 Å². The summed E-state index contributed by atoms with van der Waals surface area (Å²) in [5, 5.41) is 0.418. The molecule has 2 saturated heterocycles. The molecule has 4 heterocycles. The number of nitrogen functional groups attached to an aromatic ring is 1. The van der Waals surface area contributed by atoms with Crippen LogP contribution in [0.4, 0.5) is 5.82 Å². The van der Waals surface area contributed by atoms with Crippen LogP contribution in [0.15, 0.2) is 42.9 Å². The molecule has 0 radical (unpaired) electrons. The van der Waals surface area contributed by atoms with Gasteiger partial charge in [0.1, 0.15) is 12.1 Å². The summed E-state index contributed by atoms with van der Waals surface area (Å²) in [4.78, 5) is 31.0. The lowest BCUT2D eigenvalue weighted by Gasteiger charge is -2.34. The molecule has 8 heteroatoms. The maximum atomic E-state index is 13.4. The number of aryl methyl sites for hydroxylation is 1. The molecule has 2 aliphatic heterocycles. The van der Waals surface area contributed by atoms with Crippen molar-refractivity contribution in [3.8, 4) is 23.1 Å². The Labute approximate surface area is 229 Å². The van der Waals surface area contributed by atoms with Gasteiger partial charge >= 0.3 is 0 Å². The highest BCUT2D eigenvalue weighted by molar-refractivity contribution is 6.34. The standard InChI is InChI=1S/C30H33ClN6O/c1-3-27-25(7-4-21-5-9-28(32)33-17-21)29(35-19-34-27)22-6-8-24(26(31)16-22)30(38)37-15-12-23(18-37)36-13-10-20(2)11-14-36/h5-6,8-9,16-17,19-20,23H,3,10-15,18H2,1-2H3,(H2,32,33). The smallest absolute Gasteiger partial charge is 0.255 e. The average molecular weight is 529 g/mol. The molecule has 5 rings (SSSR count). The van der Waals surface area contributed by atoms with Crippen molar-refractivity contribution in [3.05, 3.63) is 70.3 Å². The first-order valence-electron chi connectivity index (χ1n) is 13.3. The fourth-order valence-electron chi connectivity index (χ4n) is 5.28. The number of halogens is 1. The van der Waals surface area contributed by atoms with Gasteiger partial charge in [-0.25, -0.2) is 15.0 Å². The van der Waals surface area contributed by atoms with Crippen molar-refractivity contribution in [3.63, 3.8) is 0 Å². The highest BCUT2D eigenvalue weighted by Gasteiger charge is 2.33. The SMILES string of the molecule is CCc1ncnc(-c2ccc(C(=O)N3CCC(N4CCC(C)CC4)C3)c(Cl)c2)c1C#Cc1ccc(N)nc1. The first kappa shape index (κ1) is 26.1. The highest BCUT2D eigenvalue weighted by Crippen LogP contribution is 2.30. The molecule has 2 aromatic heterocycles. The number of nitrogens with zero attached hydrogens (tertiary/aromatic N) is 5. The van der Waals surface area contributed by atoms with Gasteiger partial charge in [-0.15, -0.1) is 0 Å². The second kappa shape index (κ2) is 11.5. The van der Waals surface area contributed by atoms with E-state index in [1.807, 2.05) is 36.1 Å². The Morgan fingerprint density at radius 2 is 1.89 bits per heavy atom. The molecule has 7 nitrogen and oxygen atoms in total. The number of hydrogen-bond acceptors (Lipinski definition) is 6. The van der Waals surface area contributed by atoms with E-state index in [0.29, 0.717) is 34.6 Å². The van der Waals surface area contributed by atoms with Gasteiger partial charge in [-0.1, -0.05) is 43.4 Å². The van der Waals surface area contributed by atoms with E-state index < -0.39 is 0 Å². The summed E-state index contributed by atoms with van der Waals surface area (Å²) in [6.07, 6.45) is 7.39. The minimum absolute atomic E-state index is 0.0118. The Morgan fingerprint density at radius 3 is 2.61 bits per heavy atom. The molecule has 0 spiro atoms. The van der Waals surface area contributed by atoms with E-state index in [1.54, 1.807) is 18.6 Å². The third-order valence-corrected chi connectivity index (χ3v) is 7.95. The van der Waals surface area contributed by atoms with E-state index in [2.05, 4.69) is 38.6 Å². The zero-order valence-electron chi connectivity index (χ0n) is 22.0. The van der Waals surface area contributed by atoms with Gasteiger partial charge in [-0.3, -0.25) is 9.69 Å². The van der Waals surface area contributed by atoms with E-state index in [0.717, 1.165) is 60.9 Å². The second-order valence-corrected chi connectivity index (χ2v) is 10.6. The van der Waals surface area contributed by atoms with Crippen molar-refractivity contribution in [1.29, 1.82) is 0 Å². The van der Waals surface area contributed by atoms with Gasteiger partial charge in [0.15, 0.2) is 0 Å². The van der Waals surface area contributed by atoms with Crippen molar-refractivity contribution < 1.29 is 4.79 Å². The molecule has 0 saturated carbocycles. The van der Waals surface area contributed by atoms with Gasteiger partial charge < -0.3 is 10.6 Å². The van der Waals surface area contributed by atoms with Crippen molar-refractivity contribution in [2.75, 3.05) is 31.9 Å². The number of benzene rings is 1. The van der Waals surface area contributed by atoms with Crippen LogP contribution in [0.1, 0.15) is 60.3 Å². The molecular formula is C30H33ClN6O. The lowest BCUT2D eigenvalue weighted by Crippen LogP contribution is -2.43. The third-order valence-electron chi connectivity index (χ3n) is 7.64. The van der Waals surface area contributed by atoms with Crippen molar-refractivity contribution >= 4 is 23.3 Å². The predicted molar refractivity (Wildman–Crippen MR) is 151 cm³/mol. The van der Waals surface area contributed by atoms with Crippen molar-refractivity contribution in [1.82, 2.24) is 24.8 Å². The van der Waals surface area contributed by atoms with E-state index in [-0.39, 0.29) is 5.91 Å². The monoisotopic (exact) mass is 528 g/mol. The molecule has 0 bridgehead atoms. The van der Waals surface area contributed by atoms with Crippen LogP contribution in [-0.4, -0.2) is 62.9 Å². The minimum atomic E-state index is -0.0118. The number of amides is 1. The zero-order chi connectivity index (χ0) is 26.6. The topological polar surface area (TPSA) is 88.2 Å². The van der Waals surface area contributed by atoms with Crippen LogP contribution in [-0.2, 0) is 6.42 Å². The van der Waals surface area contributed by atoms with Gasteiger partial charge in [-0.2, -0.15) is 0 Å². The number of piperidine rings is 1. The zero-order valence-corrected chi connectivity index (χ0v) is 22.7. The Balaban J connectivity index is 1.37. The fourth-order valence-corrected chi connectivity index (χ4v) is 5.54. The number of hydrogen-bond donors (Lipinski definition) is 1. The largest absolute Gasteiger partial charge is 0.384 e. The highest BCUT2D eigenvalue weighted by atomic mass is 35.5. The van der Waals surface area contributed by atoms with Gasteiger partial charge in [0.05, 0.1) is 27.5 Å². The summed E-state index contributed by atoms with van der Waals surface area (Å²) in [7, 11) is 0. The molecular weight excluding hydrogens is 496 g/mol. The maximum absolute atomic E-state index is 13.4. The predicted octanol–water partition coefficient (Wildman–Crippen LogP) is 4.68. The van der Waals surface area contributed by atoms with Crippen molar-refractivity contribution in [2.24, 2.45) is 5.92 Å². The van der Waals surface area contributed by atoms with Crippen molar-refractivity contribution in [2.45, 2.75) is 45.6 Å². The first-order chi connectivity index (χ1) is 18.4. The van der Waals surface area contributed by atoms with E-state index in [1.165, 1.54) is 12.8 Å². The fraction of sp³-hybridized carbons (Fsp3) is 0.400. The Hall–Kier alpha value is -3.47. The van der Waals surface area contributed by atoms with Crippen LogP contribution in [0, 0.1) is 17.8 Å². The van der Waals surface area contributed by atoms with Gasteiger partial charge in [0.2, 0.25) is 0 Å². The summed E-state index contributed by atoms with van der Waals surface area (Å²) in [6, 6.07) is 9.51. The quantitative estimate of drug-likeness (QED) is 0.494. The normalized spacial score (nSPS) is 18.3. The molecule has 1 aromatic carbocycles. The van der Waals surface area contributed by atoms with Gasteiger partial charge in [-0.05, 0) is 69.0 Å². The number of carbonyl (C=O) groups is 1. The molecule has 2 N–H and O–H groups in total. The number of pyridine rings is 1. The molecule has 0 aliphatic carbocycles. The number of aromatic nitrogens is 3. The number of anilines is 1. The summed E-state index contributed by atoms with van der Waals surface area (Å²) >= 11 is 6.71. The number of likely N-dealkylation sites (tertiary alicyclic amines) is 2. The molecule has 38 heavy (non-hydrogen) atoms. The van der Waals surface area contributed by atoms with E-state index in [9.17, 15) is 4.79 Å². The van der Waals surface area contributed by atoms with Gasteiger partial charge in [0.25, 0.3) is 5.91 Å². The summed E-state index contributed by atoms with van der Waals surface area (Å²) in [5.41, 5.74) is 10.0. The number of nitrogens with two attached hydrogens (primary N) is 1. The van der Waals surface area contributed by atoms with Crippen LogP contribution < -0.4 is 5.73 Å². The van der Waals surface area contributed by atoms with E-state index >= 15 is 0 Å². The Morgan fingerprint density at radius 1 is 1.08 bits per heavy atom. The molecule has 1 atom stereocenters. The maximum Gasteiger partial charge on any atom is 0.255 e. The van der Waals surface area contributed by atoms with Crippen LogP contribution in [0.5, 0.6) is 0 Å². The number of rotatable bonds is 4. The molecule has 196 valence electrons. The van der Waals surface area contributed by atoms with Crippen LogP contribution in [0.2, 0.25) is 5.02 Å². The summed E-state index contributed by atoms with van der Waals surface area (Å²) in [5.74, 6) is 7.60. The molecule has 1 amide bonds. The van der Waals surface area contributed by atoms with Gasteiger partial charge in [0, 0.05) is 36.5 Å². The molecule has 2 fully saturated rings. The van der Waals surface area contributed by atoms with Crippen LogP contribution in [0.25, 0.3) is 11.3 Å². The molecule has 3 aromatic rings. The third kappa shape index (κ3) is 5.67. The second-order valence-electron chi connectivity index (χ2n) is 10.2. The first-order valence-corrected chi connectivity index (χ1v) is 13.7. The minimum Gasteiger partial charge on any atom is -0.384 e. The van der Waals surface area contributed by atoms with Crippen LogP contribution in [0.3, 0.4) is 0 Å². The molecule has 1 unspecified atom stereocenters. The lowest BCUT2D eigenvalue weighted by molar-refractivity contribution is 0.0766.